The second kappa shape index (κ2) is 6.19. The lowest BCUT2D eigenvalue weighted by molar-refractivity contribution is -0.0939. The van der Waals surface area contributed by atoms with Crippen molar-refractivity contribution in [2.24, 2.45) is 11.7 Å². The summed E-state index contributed by atoms with van der Waals surface area (Å²) < 4.78 is 32.8. The molecule has 1 aliphatic carbocycles. The van der Waals surface area contributed by atoms with Gasteiger partial charge in [-0.3, -0.25) is 0 Å². The van der Waals surface area contributed by atoms with Crippen LogP contribution in [0.4, 0.5) is 8.78 Å². The van der Waals surface area contributed by atoms with Crippen LogP contribution in [0.1, 0.15) is 51.1 Å². The number of hydrogen-bond acceptors (Lipinski definition) is 2. The van der Waals surface area contributed by atoms with Crippen molar-refractivity contribution in [3.8, 4) is 0 Å². The summed E-state index contributed by atoms with van der Waals surface area (Å²) in [7, 11) is 0. The number of halogens is 2. The molecule has 0 bridgehead atoms. The molecular formula is C16H23F2NO. The standard InChI is InChI=1S/C16H23F2NO/c1-3-20-16(6-4-5-11(2)10-16)15(19)12-7-13(17)9-14(18)8-12/h7-9,11,15H,3-6,10,19H2,1-2H3. The maximum atomic E-state index is 13.4. The lowest BCUT2D eigenvalue weighted by atomic mass is 9.73. The summed E-state index contributed by atoms with van der Waals surface area (Å²) in [5, 5.41) is 0. The molecular weight excluding hydrogens is 260 g/mol. The average molecular weight is 283 g/mol. The highest BCUT2D eigenvalue weighted by Crippen LogP contribution is 2.42. The van der Waals surface area contributed by atoms with Crippen molar-refractivity contribution in [2.45, 2.75) is 51.2 Å². The number of nitrogens with two attached hydrogens (primary N) is 1. The van der Waals surface area contributed by atoms with Crippen LogP contribution in [-0.2, 0) is 4.74 Å². The maximum Gasteiger partial charge on any atom is 0.126 e. The Bertz CT molecular complexity index is 442. The summed E-state index contributed by atoms with van der Waals surface area (Å²) in [5.41, 5.74) is 6.30. The van der Waals surface area contributed by atoms with Gasteiger partial charge in [-0.1, -0.05) is 19.8 Å². The third-order valence-electron chi connectivity index (χ3n) is 4.23. The van der Waals surface area contributed by atoms with E-state index in [0.717, 1.165) is 31.7 Å². The van der Waals surface area contributed by atoms with Crippen LogP contribution >= 0.6 is 0 Å². The largest absolute Gasteiger partial charge is 0.373 e. The molecule has 20 heavy (non-hydrogen) atoms. The van der Waals surface area contributed by atoms with Crippen LogP contribution in [0.15, 0.2) is 18.2 Å². The van der Waals surface area contributed by atoms with E-state index in [1.54, 1.807) is 0 Å². The molecule has 0 aliphatic heterocycles. The Balaban J connectivity index is 2.32. The average Bonchev–Trinajstić information content (AvgIpc) is 2.37. The fraction of sp³-hybridized carbons (Fsp3) is 0.625. The number of ether oxygens (including phenoxy) is 1. The molecule has 4 heteroatoms. The summed E-state index contributed by atoms with van der Waals surface area (Å²) in [6.45, 7) is 4.66. The van der Waals surface area contributed by atoms with Crippen molar-refractivity contribution < 1.29 is 13.5 Å². The van der Waals surface area contributed by atoms with E-state index >= 15 is 0 Å². The minimum atomic E-state index is -0.592. The minimum Gasteiger partial charge on any atom is -0.373 e. The van der Waals surface area contributed by atoms with Gasteiger partial charge in [0.25, 0.3) is 0 Å². The predicted octanol–water partition coefficient (Wildman–Crippen LogP) is 3.95. The van der Waals surface area contributed by atoms with Crippen molar-refractivity contribution in [1.29, 1.82) is 0 Å². The molecule has 0 heterocycles. The van der Waals surface area contributed by atoms with E-state index in [1.165, 1.54) is 12.1 Å². The molecule has 3 atom stereocenters. The zero-order chi connectivity index (χ0) is 14.8. The van der Waals surface area contributed by atoms with E-state index in [2.05, 4.69) is 6.92 Å². The predicted molar refractivity (Wildman–Crippen MR) is 75.3 cm³/mol. The maximum absolute atomic E-state index is 13.4. The third kappa shape index (κ3) is 3.18. The first kappa shape index (κ1) is 15.4. The van der Waals surface area contributed by atoms with Crippen LogP contribution in [0.25, 0.3) is 0 Å². The molecule has 0 amide bonds. The normalized spacial score (nSPS) is 28.4. The van der Waals surface area contributed by atoms with E-state index in [-0.39, 0.29) is 0 Å². The Morgan fingerprint density at radius 1 is 1.35 bits per heavy atom. The molecule has 1 aliphatic rings. The molecule has 0 aromatic heterocycles. The van der Waals surface area contributed by atoms with Gasteiger partial charge in [-0.15, -0.1) is 0 Å². The summed E-state index contributed by atoms with van der Waals surface area (Å²) >= 11 is 0. The van der Waals surface area contributed by atoms with Crippen LogP contribution in [0.3, 0.4) is 0 Å². The van der Waals surface area contributed by atoms with Gasteiger partial charge in [0.1, 0.15) is 11.6 Å². The molecule has 2 nitrogen and oxygen atoms in total. The lowest BCUT2D eigenvalue weighted by Crippen LogP contribution is -2.47. The molecule has 1 aromatic carbocycles. The van der Waals surface area contributed by atoms with Gasteiger partial charge in [0.05, 0.1) is 11.6 Å². The second-order valence-electron chi connectivity index (χ2n) is 5.88. The highest BCUT2D eigenvalue weighted by molar-refractivity contribution is 5.24. The molecule has 3 unspecified atom stereocenters. The summed E-state index contributed by atoms with van der Waals surface area (Å²) in [5.74, 6) is -0.670. The van der Waals surface area contributed by atoms with Gasteiger partial charge in [0.15, 0.2) is 0 Å². The van der Waals surface area contributed by atoms with Crippen molar-refractivity contribution in [3.63, 3.8) is 0 Å². The zero-order valence-corrected chi connectivity index (χ0v) is 12.2. The topological polar surface area (TPSA) is 35.2 Å². The fourth-order valence-corrected chi connectivity index (χ4v) is 3.39. The van der Waals surface area contributed by atoms with E-state index in [4.69, 9.17) is 10.5 Å². The van der Waals surface area contributed by atoms with Crippen molar-refractivity contribution in [2.75, 3.05) is 6.61 Å². The SMILES string of the molecule is CCOC1(C(N)c2cc(F)cc(F)c2)CCCC(C)C1. The first-order chi connectivity index (χ1) is 9.47. The van der Waals surface area contributed by atoms with Crippen LogP contribution < -0.4 is 5.73 Å². The minimum absolute atomic E-state index is 0.477. The zero-order valence-electron chi connectivity index (χ0n) is 12.2. The summed E-state index contributed by atoms with van der Waals surface area (Å²) in [4.78, 5) is 0. The number of hydrogen-bond donors (Lipinski definition) is 1. The number of benzene rings is 1. The molecule has 0 spiro atoms. The smallest absolute Gasteiger partial charge is 0.126 e. The van der Waals surface area contributed by atoms with Crippen molar-refractivity contribution >= 4 is 0 Å². The van der Waals surface area contributed by atoms with Gasteiger partial charge in [0, 0.05) is 12.7 Å². The van der Waals surface area contributed by atoms with Gasteiger partial charge >= 0.3 is 0 Å². The Labute approximate surface area is 119 Å². The van der Waals surface area contributed by atoms with Gasteiger partial charge in [-0.25, -0.2) is 8.78 Å². The number of rotatable bonds is 4. The monoisotopic (exact) mass is 283 g/mol. The highest BCUT2D eigenvalue weighted by atomic mass is 19.1. The molecule has 1 fully saturated rings. The van der Waals surface area contributed by atoms with Crippen LogP contribution in [-0.4, -0.2) is 12.2 Å². The summed E-state index contributed by atoms with van der Waals surface area (Å²) in [6.07, 6.45) is 3.86. The molecule has 1 aromatic rings. The first-order valence-electron chi connectivity index (χ1n) is 7.32. The van der Waals surface area contributed by atoms with Crippen molar-refractivity contribution in [3.05, 3.63) is 35.4 Å². The second-order valence-corrected chi connectivity index (χ2v) is 5.88. The third-order valence-corrected chi connectivity index (χ3v) is 4.23. The molecule has 2 N–H and O–H groups in total. The highest BCUT2D eigenvalue weighted by Gasteiger charge is 2.41. The van der Waals surface area contributed by atoms with Crippen LogP contribution in [0, 0.1) is 17.6 Å². The van der Waals surface area contributed by atoms with Crippen molar-refractivity contribution in [1.82, 2.24) is 0 Å². The van der Waals surface area contributed by atoms with Crippen LogP contribution in [0.2, 0.25) is 0 Å². The molecule has 0 radical (unpaired) electrons. The Morgan fingerprint density at radius 3 is 2.55 bits per heavy atom. The quantitative estimate of drug-likeness (QED) is 0.908. The molecule has 0 saturated heterocycles. The lowest BCUT2D eigenvalue weighted by Gasteiger charge is -2.44. The van der Waals surface area contributed by atoms with E-state index in [0.29, 0.717) is 18.1 Å². The first-order valence-corrected chi connectivity index (χ1v) is 7.32. The van der Waals surface area contributed by atoms with E-state index < -0.39 is 23.3 Å². The molecule has 1 saturated carbocycles. The van der Waals surface area contributed by atoms with Gasteiger partial charge < -0.3 is 10.5 Å². The Morgan fingerprint density at radius 2 is 2.00 bits per heavy atom. The van der Waals surface area contributed by atoms with Crippen LogP contribution in [0.5, 0.6) is 0 Å². The van der Waals surface area contributed by atoms with Gasteiger partial charge in [0.2, 0.25) is 0 Å². The van der Waals surface area contributed by atoms with E-state index in [1.807, 2.05) is 6.92 Å². The molecule has 2 rings (SSSR count). The van der Waals surface area contributed by atoms with E-state index in [9.17, 15) is 8.78 Å². The summed E-state index contributed by atoms with van der Waals surface area (Å²) in [6, 6.07) is 2.99. The Kier molecular flexibility index (Phi) is 4.76. The molecule has 112 valence electrons. The fourth-order valence-electron chi connectivity index (χ4n) is 3.39. The van der Waals surface area contributed by atoms with Gasteiger partial charge in [-0.2, -0.15) is 0 Å². The Hall–Kier alpha value is -1.00. The van der Waals surface area contributed by atoms with Gasteiger partial charge in [-0.05, 0) is 43.4 Å².